The van der Waals surface area contributed by atoms with Crippen molar-refractivity contribution in [3.63, 3.8) is 0 Å². The Bertz CT molecular complexity index is 696. The van der Waals surface area contributed by atoms with E-state index in [1.807, 2.05) is 58.9 Å². The van der Waals surface area contributed by atoms with Gasteiger partial charge in [0.1, 0.15) is 17.4 Å². The predicted octanol–water partition coefficient (Wildman–Crippen LogP) is 5.46. The molecule has 5 nitrogen and oxygen atoms in total. The van der Waals surface area contributed by atoms with Crippen LogP contribution in [0.1, 0.15) is 66.9 Å². The van der Waals surface area contributed by atoms with E-state index in [1.54, 1.807) is 18.9 Å². The van der Waals surface area contributed by atoms with Gasteiger partial charge in [0.05, 0.1) is 12.6 Å². The van der Waals surface area contributed by atoms with Crippen LogP contribution in [0.2, 0.25) is 0 Å². The zero-order valence-electron chi connectivity index (χ0n) is 20.6. The average Bonchev–Trinajstić information content (AvgIpc) is 2.65. The summed E-state index contributed by atoms with van der Waals surface area (Å²) in [5.41, 5.74) is 0.0979. The Morgan fingerprint density at radius 1 is 1.13 bits per heavy atom. The smallest absolute Gasteiger partial charge is 0.244 e. The molecule has 0 heterocycles. The van der Waals surface area contributed by atoms with Crippen molar-refractivity contribution < 1.29 is 14.3 Å². The number of rotatable bonds is 13. The molecule has 31 heavy (non-hydrogen) atoms. The summed E-state index contributed by atoms with van der Waals surface area (Å²) in [6, 6.07) is 7.33. The van der Waals surface area contributed by atoms with Crippen LogP contribution in [0.5, 0.6) is 5.75 Å². The third kappa shape index (κ3) is 10.4. The van der Waals surface area contributed by atoms with Gasteiger partial charge in [-0.15, -0.1) is 0 Å². The molecule has 0 aliphatic carbocycles. The van der Waals surface area contributed by atoms with Crippen LogP contribution in [0, 0.1) is 5.92 Å². The highest BCUT2D eigenvalue weighted by Crippen LogP contribution is 2.23. The quantitative estimate of drug-likeness (QED) is 0.391. The molecule has 0 aliphatic heterocycles. The number of benzene rings is 1. The molecular formula is C25H42N2O3S. The standard InChI is InChI=1S/C25H42N2O3S/c1-10-11-18(2)16-31-17-22(26-19(3)30-24(4,5)6)23(28)27-25(7,8)20-12-14-21(29-9)15-13-20/h12-15,18,22,26H,3,10-11,16-17H2,1-2,4-9H3,(H,27,28). The molecule has 2 atom stereocenters. The molecule has 6 heteroatoms. The minimum atomic E-state index is -0.532. The van der Waals surface area contributed by atoms with Crippen molar-refractivity contribution in [1.29, 1.82) is 0 Å². The minimum absolute atomic E-state index is 0.0740. The number of nitrogens with one attached hydrogen (secondary N) is 2. The number of thioether (sulfide) groups is 1. The van der Waals surface area contributed by atoms with Crippen molar-refractivity contribution >= 4 is 17.7 Å². The van der Waals surface area contributed by atoms with Crippen molar-refractivity contribution in [3.05, 3.63) is 42.3 Å². The van der Waals surface area contributed by atoms with Crippen LogP contribution in [-0.2, 0) is 15.1 Å². The van der Waals surface area contributed by atoms with Gasteiger partial charge in [-0.2, -0.15) is 11.8 Å². The van der Waals surface area contributed by atoms with Gasteiger partial charge in [0.2, 0.25) is 5.91 Å². The molecule has 0 spiro atoms. The number of hydrogen-bond donors (Lipinski definition) is 2. The number of methoxy groups -OCH3 is 1. The lowest BCUT2D eigenvalue weighted by molar-refractivity contribution is -0.124. The van der Waals surface area contributed by atoms with Gasteiger partial charge in [-0.05, 0) is 70.6 Å². The van der Waals surface area contributed by atoms with E-state index in [9.17, 15) is 4.79 Å². The fourth-order valence-corrected chi connectivity index (χ4v) is 4.39. The second-order valence-corrected chi connectivity index (χ2v) is 10.7. The summed E-state index contributed by atoms with van der Waals surface area (Å²) in [6.45, 7) is 18.3. The first kappa shape index (κ1) is 27.2. The summed E-state index contributed by atoms with van der Waals surface area (Å²) in [4.78, 5) is 13.2. The maximum Gasteiger partial charge on any atom is 0.244 e. The molecule has 2 unspecified atom stereocenters. The first-order valence-electron chi connectivity index (χ1n) is 11.1. The second kappa shape index (κ2) is 12.3. The van der Waals surface area contributed by atoms with E-state index in [-0.39, 0.29) is 11.5 Å². The van der Waals surface area contributed by atoms with E-state index in [4.69, 9.17) is 9.47 Å². The Labute approximate surface area is 193 Å². The number of amides is 1. The lowest BCUT2D eigenvalue weighted by atomic mass is 9.94. The molecule has 0 radical (unpaired) electrons. The zero-order chi connectivity index (χ0) is 23.7. The normalized spacial score (nSPS) is 13.8. The van der Waals surface area contributed by atoms with Crippen molar-refractivity contribution in [2.24, 2.45) is 5.92 Å². The zero-order valence-corrected chi connectivity index (χ0v) is 21.4. The van der Waals surface area contributed by atoms with Crippen molar-refractivity contribution in [1.82, 2.24) is 10.6 Å². The maximum absolute atomic E-state index is 13.2. The monoisotopic (exact) mass is 450 g/mol. The van der Waals surface area contributed by atoms with Gasteiger partial charge in [-0.1, -0.05) is 38.8 Å². The highest BCUT2D eigenvalue weighted by molar-refractivity contribution is 7.99. The number of ether oxygens (including phenoxy) is 2. The van der Waals surface area contributed by atoms with Crippen LogP contribution in [0.15, 0.2) is 36.7 Å². The molecule has 1 aromatic rings. The molecule has 176 valence electrons. The molecule has 0 aromatic heterocycles. The van der Waals surface area contributed by atoms with Gasteiger partial charge < -0.3 is 20.1 Å². The summed E-state index contributed by atoms with van der Waals surface area (Å²) in [5, 5.41) is 6.39. The number of carbonyl (C=O) groups is 1. The summed E-state index contributed by atoms with van der Waals surface area (Å²) in [7, 11) is 1.64. The lowest BCUT2D eigenvalue weighted by Crippen LogP contribution is -2.52. The van der Waals surface area contributed by atoms with Crippen LogP contribution in [0.3, 0.4) is 0 Å². The molecule has 0 saturated carbocycles. The van der Waals surface area contributed by atoms with Crippen molar-refractivity contribution in [3.8, 4) is 5.75 Å². The molecule has 0 bridgehead atoms. The first-order valence-corrected chi connectivity index (χ1v) is 12.2. The topological polar surface area (TPSA) is 59.6 Å². The summed E-state index contributed by atoms with van der Waals surface area (Å²) in [6.07, 6.45) is 2.37. The minimum Gasteiger partial charge on any atom is -0.497 e. The molecule has 0 aliphatic rings. The Balaban J connectivity index is 2.87. The van der Waals surface area contributed by atoms with E-state index < -0.39 is 11.6 Å². The molecule has 2 N–H and O–H groups in total. The van der Waals surface area contributed by atoms with Gasteiger partial charge >= 0.3 is 0 Å². The molecule has 1 rings (SSSR count). The van der Waals surface area contributed by atoms with Gasteiger partial charge in [0.25, 0.3) is 0 Å². The Morgan fingerprint density at radius 3 is 2.26 bits per heavy atom. The largest absolute Gasteiger partial charge is 0.497 e. The third-order valence-corrected chi connectivity index (χ3v) is 6.17. The van der Waals surface area contributed by atoms with E-state index in [0.29, 0.717) is 17.6 Å². The lowest BCUT2D eigenvalue weighted by Gasteiger charge is -2.31. The Hall–Kier alpha value is -1.82. The van der Waals surface area contributed by atoms with E-state index in [2.05, 4.69) is 31.1 Å². The highest BCUT2D eigenvalue weighted by atomic mass is 32.2. The van der Waals surface area contributed by atoms with Crippen molar-refractivity contribution in [2.75, 3.05) is 18.6 Å². The molecular weight excluding hydrogens is 408 g/mol. The van der Waals surface area contributed by atoms with Crippen LogP contribution < -0.4 is 15.4 Å². The van der Waals surface area contributed by atoms with Crippen LogP contribution in [0.4, 0.5) is 0 Å². The highest BCUT2D eigenvalue weighted by Gasteiger charge is 2.28. The fourth-order valence-electron chi connectivity index (χ4n) is 3.21. The predicted molar refractivity (Wildman–Crippen MR) is 132 cm³/mol. The van der Waals surface area contributed by atoms with Gasteiger partial charge in [-0.25, -0.2) is 0 Å². The van der Waals surface area contributed by atoms with Gasteiger partial charge in [-0.3, -0.25) is 4.79 Å². The van der Waals surface area contributed by atoms with Crippen molar-refractivity contribution in [2.45, 2.75) is 78.5 Å². The van der Waals surface area contributed by atoms with E-state index >= 15 is 0 Å². The van der Waals surface area contributed by atoms with Crippen LogP contribution in [0.25, 0.3) is 0 Å². The maximum atomic E-state index is 13.2. The van der Waals surface area contributed by atoms with Gasteiger partial charge in [0.15, 0.2) is 5.88 Å². The van der Waals surface area contributed by atoms with E-state index in [1.165, 1.54) is 12.8 Å². The first-order chi connectivity index (χ1) is 14.4. The summed E-state index contributed by atoms with van der Waals surface area (Å²) in [5.74, 6) is 3.42. The Kier molecular flexibility index (Phi) is 10.8. The average molecular weight is 451 g/mol. The Morgan fingerprint density at radius 2 is 1.74 bits per heavy atom. The van der Waals surface area contributed by atoms with E-state index in [0.717, 1.165) is 17.1 Å². The molecule has 1 amide bonds. The SMILES string of the molecule is C=C(NC(CSCC(C)CCC)C(=O)NC(C)(C)c1ccc(OC)cc1)OC(C)(C)C. The third-order valence-electron chi connectivity index (χ3n) is 4.80. The molecule has 1 aromatic carbocycles. The van der Waals surface area contributed by atoms with Gasteiger partial charge in [0, 0.05) is 5.75 Å². The summed E-state index contributed by atoms with van der Waals surface area (Å²) >= 11 is 1.79. The summed E-state index contributed by atoms with van der Waals surface area (Å²) < 4.78 is 11.1. The van der Waals surface area contributed by atoms with Crippen LogP contribution >= 0.6 is 11.8 Å². The molecule has 0 saturated heterocycles. The number of hydrogen-bond acceptors (Lipinski definition) is 5. The molecule has 0 fully saturated rings. The number of carbonyl (C=O) groups excluding carboxylic acids is 1. The fraction of sp³-hybridized carbons (Fsp3) is 0.640. The van der Waals surface area contributed by atoms with Crippen LogP contribution in [-0.4, -0.2) is 36.2 Å². The second-order valence-electron chi connectivity index (χ2n) is 9.61.